The smallest absolute Gasteiger partial charge is 0.123 e. The van der Waals surface area contributed by atoms with Gasteiger partial charge in [-0.25, -0.2) is 4.39 Å². The number of allylic oxidation sites excluding steroid dienone is 1. The van der Waals surface area contributed by atoms with Crippen LogP contribution in [0.1, 0.15) is 66.7 Å². The zero-order chi connectivity index (χ0) is 24.2. The van der Waals surface area contributed by atoms with E-state index in [9.17, 15) is 14.6 Å². The lowest BCUT2D eigenvalue weighted by Gasteiger charge is -2.32. The van der Waals surface area contributed by atoms with Gasteiger partial charge in [0.15, 0.2) is 0 Å². The molecular formula is C31H34FNO2. The molecule has 3 aromatic rings. The first kappa shape index (κ1) is 23.8. The van der Waals surface area contributed by atoms with Gasteiger partial charge in [-0.3, -0.25) is 0 Å². The van der Waals surface area contributed by atoms with Crippen LogP contribution in [-0.2, 0) is 0 Å². The van der Waals surface area contributed by atoms with Crippen molar-refractivity contribution in [1.29, 1.82) is 0 Å². The van der Waals surface area contributed by atoms with Crippen LogP contribution in [0.3, 0.4) is 0 Å². The van der Waals surface area contributed by atoms with Gasteiger partial charge < -0.3 is 15.1 Å². The summed E-state index contributed by atoms with van der Waals surface area (Å²) >= 11 is 0. The number of halogens is 1. The van der Waals surface area contributed by atoms with E-state index in [1.54, 1.807) is 12.1 Å². The van der Waals surface area contributed by atoms with Gasteiger partial charge in [0, 0.05) is 12.6 Å². The molecular weight excluding hydrogens is 437 g/mol. The number of hydrogen-bond donors (Lipinski definition) is 2. The van der Waals surface area contributed by atoms with Crippen LogP contribution in [0.2, 0.25) is 0 Å². The first-order valence-corrected chi connectivity index (χ1v) is 12.9. The van der Waals surface area contributed by atoms with E-state index in [4.69, 9.17) is 0 Å². The van der Waals surface area contributed by atoms with Crippen LogP contribution in [0.4, 0.5) is 4.39 Å². The molecule has 0 atom stereocenters. The number of aromatic hydroxyl groups is 1. The van der Waals surface area contributed by atoms with Crippen molar-refractivity contribution in [3.63, 3.8) is 0 Å². The summed E-state index contributed by atoms with van der Waals surface area (Å²) < 4.78 is 13.7. The van der Waals surface area contributed by atoms with Crippen molar-refractivity contribution >= 4 is 11.1 Å². The Morgan fingerprint density at radius 3 is 1.91 bits per heavy atom. The number of rotatable bonds is 8. The van der Waals surface area contributed by atoms with Gasteiger partial charge in [-0.05, 0) is 115 Å². The van der Waals surface area contributed by atoms with E-state index in [0.29, 0.717) is 18.8 Å². The van der Waals surface area contributed by atoms with E-state index in [1.165, 1.54) is 56.5 Å². The van der Waals surface area contributed by atoms with Gasteiger partial charge in [0.2, 0.25) is 0 Å². The Labute approximate surface area is 207 Å². The molecule has 1 saturated carbocycles. The van der Waals surface area contributed by atoms with Gasteiger partial charge in [0.25, 0.3) is 0 Å². The number of aliphatic hydroxyl groups is 1. The molecule has 1 heterocycles. The third-order valence-corrected chi connectivity index (χ3v) is 7.50. The molecule has 0 amide bonds. The maximum absolute atomic E-state index is 13.7. The van der Waals surface area contributed by atoms with Crippen LogP contribution in [0.25, 0.3) is 11.1 Å². The minimum absolute atomic E-state index is 0.0893. The van der Waals surface area contributed by atoms with E-state index in [2.05, 4.69) is 29.2 Å². The average molecular weight is 472 g/mol. The molecule has 0 radical (unpaired) electrons. The fourth-order valence-corrected chi connectivity index (χ4v) is 5.42. The summed E-state index contributed by atoms with van der Waals surface area (Å²) in [5.41, 5.74) is 6.54. The molecule has 2 N–H and O–H groups in total. The Morgan fingerprint density at radius 2 is 1.34 bits per heavy atom. The second-order valence-corrected chi connectivity index (χ2v) is 9.90. The first-order chi connectivity index (χ1) is 17.1. The summed E-state index contributed by atoms with van der Waals surface area (Å²) in [7, 11) is 0. The zero-order valence-corrected chi connectivity index (χ0v) is 20.2. The first-order valence-electron chi connectivity index (χ1n) is 12.9. The molecule has 35 heavy (non-hydrogen) atoms. The second-order valence-electron chi connectivity index (χ2n) is 9.90. The number of phenolic OH excluding ortho intramolecular Hbond substituents is 1. The summed E-state index contributed by atoms with van der Waals surface area (Å²) in [5.74, 6) is 0.560. The normalized spacial score (nSPS) is 17.9. The molecule has 4 heteroatoms. The lowest BCUT2D eigenvalue weighted by Crippen LogP contribution is -2.34. The third kappa shape index (κ3) is 5.66. The van der Waals surface area contributed by atoms with E-state index in [0.717, 1.165) is 33.9 Å². The van der Waals surface area contributed by atoms with Crippen molar-refractivity contribution in [1.82, 2.24) is 4.90 Å². The van der Waals surface area contributed by atoms with E-state index in [1.807, 2.05) is 24.3 Å². The summed E-state index contributed by atoms with van der Waals surface area (Å²) in [5, 5.41) is 19.5. The van der Waals surface area contributed by atoms with E-state index >= 15 is 0 Å². The van der Waals surface area contributed by atoms with Crippen LogP contribution >= 0.6 is 0 Å². The maximum Gasteiger partial charge on any atom is 0.123 e. The zero-order valence-electron chi connectivity index (χ0n) is 20.2. The van der Waals surface area contributed by atoms with Crippen LogP contribution in [0, 0.1) is 5.82 Å². The van der Waals surface area contributed by atoms with Crippen molar-refractivity contribution in [2.45, 2.75) is 50.5 Å². The average Bonchev–Trinajstić information content (AvgIpc) is 3.74. The fourth-order valence-electron chi connectivity index (χ4n) is 5.42. The summed E-state index contributed by atoms with van der Waals surface area (Å²) in [4.78, 5) is 2.66. The highest BCUT2D eigenvalue weighted by Gasteiger charge is 2.32. The Balaban J connectivity index is 1.51. The number of piperidine rings is 1. The number of aliphatic hydroxyl groups excluding tert-OH is 1. The predicted molar refractivity (Wildman–Crippen MR) is 140 cm³/mol. The Hall–Kier alpha value is -2.95. The highest BCUT2D eigenvalue weighted by atomic mass is 19.1. The van der Waals surface area contributed by atoms with Crippen molar-refractivity contribution in [2.75, 3.05) is 19.7 Å². The van der Waals surface area contributed by atoms with Gasteiger partial charge in [0.05, 0.1) is 0 Å². The molecule has 182 valence electrons. The summed E-state index contributed by atoms with van der Waals surface area (Å²) in [6.07, 6.45) is 6.46. The van der Waals surface area contributed by atoms with Crippen LogP contribution in [0.15, 0.2) is 72.8 Å². The summed E-state index contributed by atoms with van der Waals surface area (Å²) in [6, 6.07) is 23.6. The van der Waals surface area contributed by atoms with Gasteiger partial charge in [-0.1, -0.05) is 48.5 Å². The lowest BCUT2D eigenvalue weighted by atomic mass is 9.85. The standard InChI is InChI=1S/C31H34FNO2/c32-27-11-7-24(8-12-27)30(2-1-21-34)31(26-9-15-29(35)16-10-26)25-5-3-22(4-6-25)23-17-19-33(20-18-23)28-13-14-28/h3-12,15-16,23,28,34-35H,1-2,13-14,17-21H2/b31-30+. The molecule has 1 saturated heterocycles. The van der Waals surface area contributed by atoms with Crippen molar-refractivity contribution in [2.24, 2.45) is 0 Å². The van der Waals surface area contributed by atoms with Crippen LogP contribution < -0.4 is 0 Å². The molecule has 5 rings (SSSR count). The molecule has 1 aliphatic heterocycles. The molecule has 1 aliphatic carbocycles. The number of phenols is 1. The number of benzene rings is 3. The van der Waals surface area contributed by atoms with E-state index < -0.39 is 0 Å². The predicted octanol–water partition coefficient (Wildman–Crippen LogP) is 6.60. The molecule has 0 bridgehead atoms. The van der Waals surface area contributed by atoms with Crippen molar-refractivity contribution in [3.05, 3.63) is 101 Å². The van der Waals surface area contributed by atoms with Gasteiger partial charge in [0.1, 0.15) is 11.6 Å². The summed E-state index contributed by atoms with van der Waals surface area (Å²) in [6.45, 7) is 2.49. The molecule has 3 nitrogen and oxygen atoms in total. The highest BCUT2D eigenvalue weighted by molar-refractivity contribution is 5.98. The monoisotopic (exact) mass is 471 g/mol. The SMILES string of the molecule is OCCC/C(=C(\c1ccc(O)cc1)c1ccc(C2CCN(C3CC3)CC2)cc1)c1ccc(F)cc1. The highest BCUT2D eigenvalue weighted by Crippen LogP contribution is 2.38. The molecule has 0 aromatic heterocycles. The molecule has 0 unspecified atom stereocenters. The molecule has 2 aliphatic rings. The Bertz CT molecular complexity index is 1140. The number of likely N-dealkylation sites (tertiary alicyclic amines) is 1. The molecule has 3 aromatic carbocycles. The molecule has 0 spiro atoms. The Morgan fingerprint density at radius 1 is 0.771 bits per heavy atom. The largest absolute Gasteiger partial charge is 0.508 e. The topological polar surface area (TPSA) is 43.7 Å². The second kappa shape index (κ2) is 10.8. The van der Waals surface area contributed by atoms with Gasteiger partial charge in [-0.2, -0.15) is 0 Å². The lowest BCUT2D eigenvalue weighted by molar-refractivity contribution is 0.203. The quantitative estimate of drug-likeness (QED) is 0.364. The van der Waals surface area contributed by atoms with Gasteiger partial charge in [-0.15, -0.1) is 0 Å². The minimum Gasteiger partial charge on any atom is -0.508 e. The minimum atomic E-state index is -0.265. The van der Waals surface area contributed by atoms with Crippen LogP contribution in [0.5, 0.6) is 5.75 Å². The van der Waals surface area contributed by atoms with Crippen LogP contribution in [-0.4, -0.2) is 40.9 Å². The fraction of sp³-hybridized carbons (Fsp3) is 0.355. The maximum atomic E-state index is 13.7. The third-order valence-electron chi connectivity index (χ3n) is 7.50. The Kier molecular flexibility index (Phi) is 7.31. The van der Waals surface area contributed by atoms with Crippen molar-refractivity contribution in [3.8, 4) is 5.75 Å². The molecule has 2 fully saturated rings. The number of nitrogens with zero attached hydrogens (tertiary/aromatic N) is 1. The number of hydrogen-bond acceptors (Lipinski definition) is 3. The van der Waals surface area contributed by atoms with E-state index in [-0.39, 0.29) is 18.2 Å². The van der Waals surface area contributed by atoms with Gasteiger partial charge >= 0.3 is 0 Å². The van der Waals surface area contributed by atoms with Crippen molar-refractivity contribution < 1.29 is 14.6 Å².